The summed E-state index contributed by atoms with van der Waals surface area (Å²) in [6.45, 7) is 0. The number of carbonyl (C=O) groups is 5. The van der Waals surface area contributed by atoms with E-state index in [9.17, 15) is 24.0 Å². The third-order valence-electron chi connectivity index (χ3n) is 4.40. The maximum atomic E-state index is 13.3. The molecule has 0 aromatic heterocycles. The van der Waals surface area contributed by atoms with Crippen LogP contribution in [0.2, 0.25) is 0 Å². The summed E-state index contributed by atoms with van der Waals surface area (Å²) in [6, 6.07) is 15.0. The van der Waals surface area contributed by atoms with Gasteiger partial charge in [-0.3, -0.25) is 28.9 Å². The van der Waals surface area contributed by atoms with Crippen molar-refractivity contribution in [1.29, 1.82) is 0 Å². The zero-order valence-electron chi connectivity index (χ0n) is 14.1. The molecule has 0 aliphatic carbocycles. The molecule has 3 rings (SSSR count). The standard InChI is InChI=1S/C20H14ClNO5/c21-19(27)20(22-15(23)11-12-16(22)24,17(25)13-7-3-1-4-8-13)18(26)14-9-5-2-6-10-14/h1-10H,11-12H2. The molecule has 2 amide bonds. The van der Waals surface area contributed by atoms with Gasteiger partial charge in [0.25, 0.3) is 5.24 Å². The lowest BCUT2D eigenvalue weighted by Gasteiger charge is -2.34. The lowest BCUT2D eigenvalue weighted by Crippen LogP contribution is -2.65. The Labute approximate surface area is 159 Å². The minimum absolute atomic E-state index is 0.0109. The first kappa shape index (κ1) is 18.7. The molecule has 1 aliphatic rings. The lowest BCUT2D eigenvalue weighted by molar-refractivity contribution is -0.146. The molecule has 1 heterocycles. The number of amides is 2. The Bertz CT molecular complexity index is 872. The van der Waals surface area contributed by atoms with Crippen LogP contribution in [-0.4, -0.2) is 39.1 Å². The first-order chi connectivity index (χ1) is 12.9. The molecule has 1 fully saturated rings. The average Bonchev–Trinajstić information content (AvgIpc) is 3.02. The maximum absolute atomic E-state index is 13.3. The SMILES string of the molecule is O=C1CCC(=O)N1C(C(=O)Cl)(C(=O)c1ccccc1)C(=O)c1ccccc1. The fraction of sp³-hybridized carbons (Fsp3) is 0.150. The third kappa shape index (κ3) is 2.98. The van der Waals surface area contributed by atoms with Gasteiger partial charge in [-0.2, -0.15) is 0 Å². The number of carbonyl (C=O) groups excluding carboxylic acids is 5. The van der Waals surface area contributed by atoms with Crippen molar-refractivity contribution in [1.82, 2.24) is 4.90 Å². The van der Waals surface area contributed by atoms with Crippen LogP contribution in [0.3, 0.4) is 0 Å². The second kappa shape index (κ2) is 7.25. The predicted molar refractivity (Wildman–Crippen MR) is 96.2 cm³/mol. The van der Waals surface area contributed by atoms with Crippen LogP contribution in [0.15, 0.2) is 60.7 Å². The lowest BCUT2D eigenvalue weighted by atomic mass is 9.81. The van der Waals surface area contributed by atoms with Crippen LogP contribution in [-0.2, 0) is 14.4 Å². The molecule has 27 heavy (non-hydrogen) atoms. The van der Waals surface area contributed by atoms with Crippen molar-refractivity contribution in [3.63, 3.8) is 0 Å². The molecule has 0 radical (unpaired) electrons. The number of Topliss-reactive ketones (excluding diaryl/α,β-unsaturated/α-hetero) is 2. The number of rotatable bonds is 6. The van der Waals surface area contributed by atoms with Crippen molar-refractivity contribution >= 4 is 40.2 Å². The van der Waals surface area contributed by atoms with Crippen molar-refractivity contribution in [2.24, 2.45) is 0 Å². The normalized spacial score (nSPS) is 14.3. The van der Waals surface area contributed by atoms with Gasteiger partial charge in [0.1, 0.15) is 0 Å². The van der Waals surface area contributed by atoms with Gasteiger partial charge in [-0.15, -0.1) is 0 Å². The summed E-state index contributed by atoms with van der Waals surface area (Å²) in [5.41, 5.74) is -2.79. The number of imide groups is 1. The number of benzene rings is 2. The van der Waals surface area contributed by atoms with E-state index >= 15 is 0 Å². The van der Waals surface area contributed by atoms with Gasteiger partial charge in [0.15, 0.2) is 0 Å². The van der Waals surface area contributed by atoms with Crippen molar-refractivity contribution in [2.45, 2.75) is 18.4 Å². The molecule has 2 aromatic carbocycles. The van der Waals surface area contributed by atoms with Crippen LogP contribution in [0.5, 0.6) is 0 Å². The Hall–Kier alpha value is -3.12. The predicted octanol–water partition coefficient (Wildman–Crippen LogP) is 2.41. The molecule has 0 atom stereocenters. The van der Waals surface area contributed by atoms with E-state index < -0.39 is 34.2 Å². The van der Waals surface area contributed by atoms with Gasteiger partial charge >= 0.3 is 0 Å². The smallest absolute Gasteiger partial charge is 0.264 e. The highest BCUT2D eigenvalue weighted by atomic mass is 35.5. The first-order valence-corrected chi connectivity index (χ1v) is 8.54. The fourth-order valence-electron chi connectivity index (χ4n) is 3.12. The Morgan fingerprint density at radius 2 is 1.11 bits per heavy atom. The first-order valence-electron chi connectivity index (χ1n) is 8.16. The summed E-state index contributed by atoms with van der Waals surface area (Å²) in [5, 5.41) is -1.39. The Morgan fingerprint density at radius 3 is 1.44 bits per heavy atom. The number of nitrogens with zero attached hydrogens (tertiary/aromatic N) is 1. The molecule has 1 aliphatic heterocycles. The second-order valence-corrected chi connectivity index (χ2v) is 6.34. The van der Waals surface area contributed by atoms with Crippen LogP contribution in [0.4, 0.5) is 0 Å². The Kier molecular flexibility index (Phi) is 5.01. The van der Waals surface area contributed by atoms with E-state index in [0.717, 1.165) is 0 Å². The van der Waals surface area contributed by atoms with E-state index in [4.69, 9.17) is 11.6 Å². The molecular weight excluding hydrogens is 370 g/mol. The van der Waals surface area contributed by atoms with E-state index in [-0.39, 0.29) is 24.0 Å². The molecular formula is C20H14ClNO5. The van der Waals surface area contributed by atoms with Gasteiger partial charge in [0, 0.05) is 24.0 Å². The Balaban J connectivity index is 2.28. The maximum Gasteiger partial charge on any atom is 0.264 e. The minimum atomic E-state index is -2.77. The summed E-state index contributed by atoms with van der Waals surface area (Å²) in [6.07, 6.45) is -0.399. The summed E-state index contributed by atoms with van der Waals surface area (Å²) in [7, 11) is 0. The van der Waals surface area contributed by atoms with E-state index in [1.54, 1.807) is 12.1 Å². The number of likely N-dealkylation sites (tertiary alicyclic amines) is 1. The monoisotopic (exact) mass is 383 g/mol. The number of ketones is 2. The molecule has 0 bridgehead atoms. The van der Waals surface area contributed by atoms with Gasteiger partial charge in [0.05, 0.1) is 0 Å². The molecule has 0 unspecified atom stereocenters. The summed E-state index contributed by atoms with van der Waals surface area (Å²) in [5.74, 6) is -3.61. The highest BCUT2D eigenvalue weighted by molar-refractivity contribution is 6.72. The summed E-state index contributed by atoms with van der Waals surface area (Å²) in [4.78, 5) is 64.4. The zero-order valence-corrected chi connectivity index (χ0v) is 14.8. The van der Waals surface area contributed by atoms with Crippen LogP contribution < -0.4 is 0 Å². The van der Waals surface area contributed by atoms with Gasteiger partial charge in [-0.25, -0.2) is 0 Å². The van der Waals surface area contributed by atoms with E-state index in [2.05, 4.69) is 0 Å². The Morgan fingerprint density at radius 1 is 0.741 bits per heavy atom. The zero-order chi connectivity index (χ0) is 19.6. The molecule has 7 heteroatoms. The van der Waals surface area contributed by atoms with Crippen molar-refractivity contribution in [3.8, 4) is 0 Å². The quantitative estimate of drug-likeness (QED) is 0.331. The third-order valence-corrected chi connectivity index (χ3v) is 4.67. The fourth-order valence-corrected chi connectivity index (χ4v) is 3.38. The molecule has 136 valence electrons. The number of hydrogen-bond acceptors (Lipinski definition) is 5. The van der Waals surface area contributed by atoms with E-state index in [1.165, 1.54) is 48.5 Å². The average molecular weight is 384 g/mol. The molecule has 0 spiro atoms. The second-order valence-electron chi connectivity index (χ2n) is 6.00. The summed E-state index contributed by atoms with van der Waals surface area (Å²) < 4.78 is 0. The van der Waals surface area contributed by atoms with Gasteiger partial charge < -0.3 is 0 Å². The molecule has 0 saturated carbocycles. The largest absolute Gasteiger partial charge is 0.290 e. The van der Waals surface area contributed by atoms with Gasteiger partial charge in [-0.05, 0) is 11.6 Å². The van der Waals surface area contributed by atoms with Crippen molar-refractivity contribution < 1.29 is 24.0 Å². The molecule has 6 nitrogen and oxygen atoms in total. The van der Waals surface area contributed by atoms with Crippen molar-refractivity contribution in [3.05, 3.63) is 71.8 Å². The highest BCUT2D eigenvalue weighted by Crippen LogP contribution is 2.33. The van der Waals surface area contributed by atoms with Crippen LogP contribution in [0, 0.1) is 0 Å². The van der Waals surface area contributed by atoms with Crippen LogP contribution in [0.25, 0.3) is 0 Å². The van der Waals surface area contributed by atoms with Crippen LogP contribution in [0.1, 0.15) is 33.6 Å². The summed E-state index contributed by atoms with van der Waals surface area (Å²) >= 11 is 5.77. The van der Waals surface area contributed by atoms with E-state index in [1.807, 2.05) is 0 Å². The van der Waals surface area contributed by atoms with Crippen LogP contribution >= 0.6 is 11.6 Å². The van der Waals surface area contributed by atoms with E-state index in [0.29, 0.717) is 4.90 Å². The molecule has 0 N–H and O–H groups in total. The van der Waals surface area contributed by atoms with Gasteiger partial charge in [0.2, 0.25) is 28.9 Å². The number of hydrogen-bond donors (Lipinski definition) is 0. The van der Waals surface area contributed by atoms with Gasteiger partial charge in [-0.1, -0.05) is 60.7 Å². The number of halogens is 1. The topological polar surface area (TPSA) is 88.6 Å². The molecule has 1 saturated heterocycles. The van der Waals surface area contributed by atoms with Crippen molar-refractivity contribution in [2.75, 3.05) is 0 Å². The minimum Gasteiger partial charge on any atom is -0.290 e. The molecule has 2 aromatic rings. The highest BCUT2D eigenvalue weighted by Gasteiger charge is 2.61.